The predicted octanol–water partition coefficient (Wildman–Crippen LogP) is 3.72. The summed E-state index contributed by atoms with van der Waals surface area (Å²) in [5.74, 6) is 0. The molecule has 104 valence electrons. The van der Waals surface area contributed by atoms with Crippen LogP contribution in [0.2, 0.25) is 0 Å². The molecule has 0 bridgehead atoms. The van der Waals surface area contributed by atoms with E-state index >= 15 is 0 Å². The first-order valence-electron chi connectivity index (χ1n) is 7.83. The van der Waals surface area contributed by atoms with E-state index in [1.165, 1.54) is 70.9 Å². The summed E-state index contributed by atoms with van der Waals surface area (Å²) in [6.07, 6.45) is 12.6. The van der Waals surface area contributed by atoms with Gasteiger partial charge in [-0.05, 0) is 39.0 Å². The Hall–Kier alpha value is -0.0800. The molecule has 0 saturated heterocycles. The molecule has 0 saturated carbocycles. The van der Waals surface area contributed by atoms with E-state index in [2.05, 4.69) is 24.5 Å². The second-order valence-electron chi connectivity index (χ2n) is 4.93. The Morgan fingerprint density at radius 2 is 1.06 bits per heavy atom. The van der Waals surface area contributed by atoms with Gasteiger partial charge >= 0.3 is 0 Å². The molecule has 0 atom stereocenters. The van der Waals surface area contributed by atoms with E-state index in [4.69, 9.17) is 0 Å². The van der Waals surface area contributed by atoms with E-state index in [0.29, 0.717) is 0 Å². The van der Waals surface area contributed by atoms with Gasteiger partial charge in [0.1, 0.15) is 0 Å². The first-order chi connectivity index (χ1) is 8.41. The van der Waals surface area contributed by atoms with Gasteiger partial charge in [0.25, 0.3) is 0 Å². The van der Waals surface area contributed by atoms with Crippen molar-refractivity contribution in [3.05, 3.63) is 0 Å². The molecule has 0 unspecified atom stereocenters. The number of hydrogen-bond acceptors (Lipinski definition) is 2. The van der Waals surface area contributed by atoms with Crippen molar-refractivity contribution in [1.82, 2.24) is 10.6 Å². The Morgan fingerprint density at radius 3 is 1.71 bits per heavy atom. The normalized spacial score (nSPS) is 10.9. The first-order valence-corrected chi connectivity index (χ1v) is 7.83. The first kappa shape index (κ1) is 16.9. The zero-order valence-corrected chi connectivity index (χ0v) is 12.2. The monoisotopic (exact) mass is 242 g/mol. The SMILES string of the molecule is CCCCCCCCCCNCCCNCC. The van der Waals surface area contributed by atoms with Gasteiger partial charge < -0.3 is 10.6 Å². The summed E-state index contributed by atoms with van der Waals surface area (Å²) < 4.78 is 0. The molecule has 2 heteroatoms. The molecule has 0 radical (unpaired) electrons. The summed E-state index contributed by atoms with van der Waals surface area (Å²) in [6.45, 7) is 9.07. The molecule has 0 aliphatic rings. The summed E-state index contributed by atoms with van der Waals surface area (Å²) in [6, 6.07) is 0. The van der Waals surface area contributed by atoms with Crippen LogP contribution in [0.3, 0.4) is 0 Å². The lowest BCUT2D eigenvalue weighted by Gasteiger charge is -2.05. The fraction of sp³-hybridized carbons (Fsp3) is 1.00. The third kappa shape index (κ3) is 15.9. The highest BCUT2D eigenvalue weighted by atomic mass is 14.9. The Bertz CT molecular complexity index is 112. The van der Waals surface area contributed by atoms with Crippen LogP contribution in [-0.2, 0) is 0 Å². The van der Waals surface area contributed by atoms with Crippen LogP contribution in [0, 0.1) is 0 Å². The molecule has 0 aliphatic heterocycles. The van der Waals surface area contributed by atoms with E-state index in [-0.39, 0.29) is 0 Å². The van der Waals surface area contributed by atoms with Crippen LogP contribution >= 0.6 is 0 Å². The van der Waals surface area contributed by atoms with Crippen molar-refractivity contribution in [1.29, 1.82) is 0 Å². The van der Waals surface area contributed by atoms with Crippen molar-refractivity contribution in [2.75, 3.05) is 26.2 Å². The predicted molar refractivity (Wildman–Crippen MR) is 78.6 cm³/mol. The fourth-order valence-corrected chi connectivity index (χ4v) is 2.02. The van der Waals surface area contributed by atoms with E-state index in [9.17, 15) is 0 Å². The van der Waals surface area contributed by atoms with Crippen LogP contribution in [0.25, 0.3) is 0 Å². The zero-order chi connectivity index (χ0) is 12.6. The molecule has 0 amide bonds. The van der Waals surface area contributed by atoms with Gasteiger partial charge in [0, 0.05) is 0 Å². The minimum atomic E-state index is 1.10. The van der Waals surface area contributed by atoms with Crippen LogP contribution in [0.1, 0.15) is 71.6 Å². The van der Waals surface area contributed by atoms with Gasteiger partial charge in [-0.25, -0.2) is 0 Å². The molecule has 2 nitrogen and oxygen atoms in total. The van der Waals surface area contributed by atoms with Gasteiger partial charge in [-0.1, -0.05) is 58.8 Å². The molecule has 0 fully saturated rings. The molecule has 0 aliphatic carbocycles. The van der Waals surface area contributed by atoms with Crippen LogP contribution in [-0.4, -0.2) is 26.2 Å². The Labute approximate surface area is 109 Å². The highest BCUT2D eigenvalue weighted by molar-refractivity contribution is 4.52. The van der Waals surface area contributed by atoms with E-state index in [0.717, 1.165) is 13.1 Å². The van der Waals surface area contributed by atoms with Crippen LogP contribution in [0.4, 0.5) is 0 Å². The number of unbranched alkanes of at least 4 members (excludes halogenated alkanes) is 7. The summed E-state index contributed by atoms with van der Waals surface area (Å²) >= 11 is 0. The lowest BCUT2D eigenvalue weighted by molar-refractivity contribution is 0.545. The lowest BCUT2D eigenvalue weighted by atomic mass is 10.1. The third-order valence-corrected chi connectivity index (χ3v) is 3.16. The van der Waals surface area contributed by atoms with Gasteiger partial charge in [-0.15, -0.1) is 0 Å². The summed E-state index contributed by atoms with van der Waals surface area (Å²) in [5.41, 5.74) is 0. The van der Waals surface area contributed by atoms with Crippen molar-refractivity contribution < 1.29 is 0 Å². The van der Waals surface area contributed by atoms with Crippen molar-refractivity contribution in [3.63, 3.8) is 0 Å². The second kappa shape index (κ2) is 15.9. The van der Waals surface area contributed by atoms with Crippen LogP contribution in [0.15, 0.2) is 0 Å². The smallest absolute Gasteiger partial charge is 0.00368 e. The Morgan fingerprint density at radius 1 is 0.529 bits per heavy atom. The largest absolute Gasteiger partial charge is 0.317 e. The van der Waals surface area contributed by atoms with E-state index < -0.39 is 0 Å². The van der Waals surface area contributed by atoms with Gasteiger partial charge in [0.2, 0.25) is 0 Å². The van der Waals surface area contributed by atoms with Crippen molar-refractivity contribution >= 4 is 0 Å². The molecular formula is C15H34N2. The minimum Gasteiger partial charge on any atom is -0.317 e. The van der Waals surface area contributed by atoms with Gasteiger partial charge in [0.05, 0.1) is 0 Å². The Kier molecular flexibility index (Phi) is 15.8. The van der Waals surface area contributed by atoms with Gasteiger partial charge in [-0.2, -0.15) is 0 Å². The minimum absolute atomic E-state index is 1.10. The van der Waals surface area contributed by atoms with Gasteiger partial charge in [-0.3, -0.25) is 0 Å². The summed E-state index contributed by atoms with van der Waals surface area (Å²) in [7, 11) is 0. The highest BCUT2D eigenvalue weighted by Crippen LogP contribution is 2.07. The van der Waals surface area contributed by atoms with E-state index in [1.54, 1.807) is 0 Å². The van der Waals surface area contributed by atoms with Crippen LogP contribution < -0.4 is 10.6 Å². The van der Waals surface area contributed by atoms with Crippen molar-refractivity contribution in [3.8, 4) is 0 Å². The molecular weight excluding hydrogens is 208 g/mol. The maximum Gasteiger partial charge on any atom is -0.00368 e. The fourth-order valence-electron chi connectivity index (χ4n) is 2.02. The van der Waals surface area contributed by atoms with Gasteiger partial charge in [0.15, 0.2) is 0 Å². The summed E-state index contributed by atoms with van der Waals surface area (Å²) in [5, 5.41) is 6.86. The molecule has 0 aromatic heterocycles. The molecule has 2 N–H and O–H groups in total. The topological polar surface area (TPSA) is 24.1 Å². The molecule has 0 spiro atoms. The third-order valence-electron chi connectivity index (χ3n) is 3.16. The molecule has 0 aromatic rings. The molecule has 0 aromatic carbocycles. The standard InChI is InChI=1S/C15H34N2/c1-3-5-6-7-8-9-10-11-13-17-15-12-14-16-4-2/h16-17H,3-15H2,1-2H3. The average molecular weight is 242 g/mol. The van der Waals surface area contributed by atoms with Crippen molar-refractivity contribution in [2.24, 2.45) is 0 Å². The van der Waals surface area contributed by atoms with Crippen LogP contribution in [0.5, 0.6) is 0 Å². The molecule has 0 heterocycles. The lowest BCUT2D eigenvalue weighted by Crippen LogP contribution is -2.22. The zero-order valence-electron chi connectivity index (χ0n) is 12.2. The van der Waals surface area contributed by atoms with Crippen molar-refractivity contribution in [2.45, 2.75) is 71.6 Å². The molecule has 0 rings (SSSR count). The Balaban J connectivity index is 2.85. The number of rotatable bonds is 14. The number of hydrogen-bond donors (Lipinski definition) is 2. The quantitative estimate of drug-likeness (QED) is 0.454. The number of nitrogens with one attached hydrogen (secondary N) is 2. The highest BCUT2D eigenvalue weighted by Gasteiger charge is 1.92. The maximum absolute atomic E-state index is 3.52. The van der Waals surface area contributed by atoms with E-state index in [1.807, 2.05) is 0 Å². The molecule has 17 heavy (non-hydrogen) atoms. The second-order valence-corrected chi connectivity index (χ2v) is 4.93. The average Bonchev–Trinajstić information content (AvgIpc) is 2.35. The summed E-state index contributed by atoms with van der Waals surface area (Å²) in [4.78, 5) is 0. The maximum atomic E-state index is 3.52.